The highest BCUT2D eigenvalue weighted by atomic mass is 35.5. The molecular formula is C17H16ClN3O4. The monoisotopic (exact) mass is 361 g/mol. The number of pyridine rings is 1. The highest BCUT2D eigenvalue weighted by Gasteiger charge is 2.50. The number of aromatic nitrogens is 1. The summed E-state index contributed by atoms with van der Waals surface area (Å²) in [4.78, 5) is 30.9. The topological polar surface area (TPSA) is 80.8 Å². The molecule has 0 saturated heterocycles. The normalized spacial score (nSPS) is 19.0. The number of likely N-dealkylation sites (N-methyl/N-ethyl adjacent to an activating group) is 1. The van der Waals surface area contributed by atoms with Crippen molar-refractivity contribution >= 4 is 34.9 Å². The molecule has 1 N–H and O–H groups in total. The zero-order valence-corrected chi connectivity index (χ0v) is 14.6. The Morgan fingerprint density at radius 3 is 2.88 bits per heavy atom. The van der Waals surface area contributed by atoms with E-state index < -0.39 is 17.4 Å². The number of nitrogens with one attached hydrogen (secondary N) is 1. The number of hydrogen-bond acceptors (Lipinski definition) is 5. The number of anilines is 2. The molecule has 1 aliphatic rings. The standard InChI is InChI=1S/C17H16ClN3O4/c1-17(15(22)20-11-9-10(18)6-7-12(11)24-3)16(23)21(2)14-13(25-17)5-4-8-19-14/h4-9H,1-3H3,(H,20,22). The molecule has 2 aromatic rings. The fourth-order valence-electron chi connectivity index (χ4n) is 2.56. The molecule has 1 aromatic carbocycles. The average molecular weight is 362 g/mol. The van der Waals surface area contributed by atoms with Crippen LogP contribution in [-0.4, -0.2) is 36.6 Å². The zero-order valence-electron chi connectivity index (χ0n) is 13.9. The largest absolute Gasteiger partial charge is 0.495 e. The third-order valence-electron chi connectivity index (χ3n) is 3.94. The Hall–Kier alpha value is -2.80. The first kappa shape index (κ1) is 17.0. The molecule has 1 atom stereocenters. The predicted octanol–water partition coefficient (Wildman–Crippen LogP) is 2.50. The van der Waals surface area contributed by atoms with Gasteiger partial charge in [0, 0.05) is 18.3 Å². The molecule has 2 heterocycles. The van der Waals surface area contributed by atoms with E-state index in [1.807, 2.05) is 0 Å². The number of fused-ring (bicyclic) bond motifs is 1. The fourth-order valence-corrected chi connectivity index (χ4v) is 2.73. The van der Waals surface area contributed by atoms with E-state index >= 15 is 0 Å². The summed E-state index contributed by atoms with van der Waals surface area (Å²) < 4.78 is 10.9. The summed E-state index contributed by atoms with van der Waals surface area (Å²) in [6, 6.07) is 8.11. The van der Waals surface area contributed by atoms with Crippen LogP contribution in [0, 0.1) is 0 Å². The van der Waals surface area contributed by atoms with Gasteiger partial charge in [0.05, 0.1) is 12.8 Å². The summed E-state index contributed by atoms with van der Waals surface area (Å²) in [6.45, 7) is 1.41. The smallest absolute Gasteiger partial charge is 0.281 e. The van der Waals surface area contributed by atoms with Gasteiger partial charge in [-0.15, -0.1) is 0 Å². The van der Waals surface area contributed by atoms with E-state index in [1.54, 1.807) is 37.5 Å². The van der Waals surface area contributed by atoms with Gasteiger partial charge in [-0.25, -0.2) is 4.98 Å². The second kappa shape index (κ2) is 6.25. The van der Waals surface area contributed by atoms with E-state index in [1.165, 1.54) is 25.0 Å². The lowest BCUT2D eigenvalue weighted by Gasteiger charge is -2.37. The summed E-state index contributed by atoms with van der Waals surface area (Å²) in [6.07, 6.45) is 1.55. The van der Waals surface area contributed by atoms with Gasteiger partial charge in [0.2, 0.25) is 0 Å². The van der Waals surface area contributed by atoms with Crippen LogP contribution in [0.1, 0.15) is 6.92 Å². The maximum absolute atomic E-state index is 12.8. The van der Waals surface area contributed by atoms with E-state index in [2.05, 4.69) is 10.3 Å². The van der Waals surface area contributed by atoms with E-state index in [-0.39, 0.29) is 0 Å². The number of amides is 2. The fraction of sp³-hybridized carbons (Fsp3) is 0.235. The predicted molar refractivity (Wildman–Crippen MR) is 93.3 cm³/mol. The van der Waals surface area contributed by atoms with E-state index in [9.17, 15) is 9.59 Å². The first-order chi connectivity index (χ1) is 11.9. The SMILES string of the molecule is COc1ccc(Cl)cc1NC(=O)C1(C)Oc2cccnc2N(C)C1=O. The molecule has 2 amide bonds. The number of carbonyl (C=O) groups excluding carboxylic acids is 2. The van der Waals surface area contributed by atoms with Gasteiger partial charge in [-0.3, -0.25) is 14.5 Å². The molecule has 3 rings (SSSR count). The second-order valence-electron chi connectivity index (χ2n) is 5.62. The Morgan fingerprint density at radius 2 is 2.16 bits per heavy atom. The molecule has 25 heavy (non-hydrogen) atoms. The lowest BCUT2D eigenvalue weighted by molar-refractivity contribution is -0.145. The van der Waals surface area contributed by atoms with Gasteiger partial charge >= 0.3 is 0 Å². The molecular weight excluding hydrogens is 346 g/mol. The van der Waals surface area contributed by atoms with Gasteiger partial charge < -0.3 is 14.8 Å². The Labute approximate surface area is 149 Å². The van der Waals surface area contributed by atoms with Crippen LogP contribution in [0.5, 0.6) is 11.5 Å². The molecule has 0 fully saturated rings. The number of rotatable bonds is 3. The summed E-state index contributed by atoms with van der Waals surface area (Å²) in [5, 5.41) is 3.07. The minimum Gasteiger partial charge on any atom is -0.495 e. The first-order valence-corrected chi connectivity index (χ1v) is 7.82. The van der Waals surface area contributed by atoms with Crippen molar-refractivity contribution in [3.05, 3.63) is 41.6 Å². The van der Waals surface area contributed by atoms with Crippen LogP contribution in [0.3, 0.4) is 0 Å². The van der Waals surface area contributed by atoms with Gasteiger partial charge in [0.15, 0.2) is 11.6 Å². The Balaban J connectivity index is 1.94. The third kappa shape index (κ3) is 2.87. The molecule has 7 nitrogen and oxygen atoms in total. The molecule has 1 aromatic heterocycles. The number of methoxy groups -OCH3 is 1. The van der Waals surface area contributed by atoms with Crippen molar-refractivity contribution in [1.82, 2.24) is 4.98 Å². The molecule has 0 aliphatic carbocycles. The zero-order chi connectivity index (χ0) is 18.2. The van der Waals surface area contributed by atoms with Crippen molar-refractivity contribution in [2.45, 2.75) is 12.5 Å². The quantitative estimate of drug-likeness (QED) is 0.849. The molecule has 1 aliphatic heterocycles. The van der Waals surface area contributed by atoms with Crippen LogP contribution in [0.2, 0.25) is 5.02 Å². The maximum atomic E-state index is 12.8. The van der Waals surface area contributed by atoms with Crippen molar-refractivity contribution in [2.24, 2.45) is 0 Å². The number of nitrogens with zero attached hydrogens (tertiary/aromatic N) is 2. The minimum absolute atomic E-state index is 0.345. The van der Waals surface area contributed by atoms with Crippen molar-refractivity contribution in [3.8, 4) is 11.5 Å². The summed E-state index contributed by atoms with van der Waals surface area (Å²) in [5.41, 5.74) is -1.41. The average Bonchev–Trinajstić information content (AvgIpc) is 2.60. The summed E-state index contributed by atoms with van der Waals surface area (Å²) >= 11 is 5.97. The van der Waals surface area contributed by atoms with Crippen molar-refractivity contribution in [3.63, 3.8) is 0 Å². The number of halogens is 1. The van der Waals surface area contributed by atoms with Crippen LogP contribution in [0.25, 0.3) is 0 Å². The maximum Gasteiger partial charge on any atom is 0.281 e. The molecule has 130 valence electrons. The molecule has 0 radical (unpaired) electrons. The number of benzene rings is 1. The van der Waals surface area contributed by atoms with E-state index in [0.717, 1.165) is 0 Å². The molecule has 0 saturated carbocycles. The van der Waals surface area contributed by atoms with Gasteiger partial charge in [0.1, 0.15) is 5.75 Å². The van der Waals surface area contributed by atoms with Crippen molar-refractivity contribution in [2.75, 3.05) is 24.4 Å². The van der Waals surface area contributed by atoms with Gasteiger partial charge in [-0.2, -0.15) is 0 Å². The summed E-state index contributed by atoms with van der Waals surface area (Å²) in [7, 11) is 3.01. The van der Waals surface area contributed by atoms with Gasteiger partial charge in [-0.05, 0) is 37.3 Å². The lowest BCUT2D eigenvalue weighted by Crippen LogP contribution is -2.60. The highest BCUT2D eigenvalue weighted by molar-refractivity contribution is 6.31. The van der Waals surface area contributed by atoms with Gasteiger partial charge in [-0.1, -0.05) is 11.6 Å². The highest BCUT2D eigenvalue weighted by Crippen LogP contribution is 2.36. The minimum atomic E-state index is -1.75. The third-order valence-corrected chi connectivity index (χ3v) is 4.17. The molecule has 1 unspecified atom stereocenters. The van der Waals surface area contributed by atoms with Crippen LogP contribution in [0.4, 0.5) is 11.5 Å². The lowest BCUT2D eigenvalue weighted by atomic mass is 10.0. The van der Waals surface area contributed by atoms with Crippen LogP contribution < -0.4 is 19.7 Å². The molecule has 0 spiro atoms. The van der Waals surface area contributed by atoms with E-state index in [4.69, 9.17) is 21.1 Å². The first-order valence-electron chi connectivity index (χ1n) is 7.44. The summed E-state index contributed by atoms with van der Waals surface area (Å²) in [5.74, 6) is -0.0462. The Morgan fingerprint density at radius 1 is 1.40 bits per heavy atom. The van der Waals surface area contributed by atoms with Crippen LogP contribution >= 0.6 is 11.6 Å². The Bertz CT molecular complexity index is 858. The van der Waals surface area contributed by atoms with Crippen LogP contribution in [0.15, 0.2) is 36.5 Å². The number of hydrogen-bond donors (Lipinski definition) is 1. The van der Waals surface area contributed by atoms with Crippen molar-refractivity contribution < 1.29 is 19.1 Å². The second-order valence-corrected chi connectivity index (χ2v) is 6.06. The number of ether oxygens (including phenoxy) is 2. The molecule has 0 bridgehead atoms. The Kier molecular flexibility index (Phi) is 4.26. The number of carbonyl (C=O) groups is 2. The van der Waals surface area contributed by atoms with E-state index in [0.29, 0.717) is 28.0 Å². The molecule has 8 heteroatoms. The van der Waals surface area contributed by atoms with Crippen molar-refractivity contribution in [1.29, 1.82) is 0 Å². The van der Waals surface area contributed by atoms with Crippen LogP contribution in [-0.2, 0) is 9.59 Å². The van der Waals surface area contributed by atoms with Gasteiger partial charge in [0.25, 0.3) is 17.4 Å².